The van der Waals surface area contributed by atoms with Crippen LogP contribution in [0.2, 0.25) is 0 Å². The lowest BCUT2D eigenvalue weighted by atomic mass is 9.75. The molecule has 0 nitrogen and oxygen atoms in total. The summed E-state index contributed by atoms with van der Waals surface area (Å²) in [5.41, 5.74) is 9.61. The number of benzene rings is 2. The second kappa shape index (κ2) is 10.9. The van der Waals surface area contributed by atoms with E-state index in [2.05, 4.69) is 156 Å². The zero-order valence-corrected chi connectivity index (χ0v) is 31.0. The van der Waals surface area contributed by atoms with Gasteiger partial charge in [0, 0.05) is 0 Å². The average Bonchev–Trinajstić information content (AvgIpc) is 2.68. The summed E-state index contributed by atoms with van der Waals surface area (Å²) in [5.74, 6) is 0. The number of hydrogen-bond donors (Lipinski definition) is 0. The molecule has 0 amide bonds. The van der Waals surface area contributed by atoms with Crippen LogP contribution in [0.4, 0.5) is 0 Å². The van der Waals surface area contributed by atoms with Crippen LogP contribution in [0.1, 0.15) is 158 Å². The fourth-order valence-corrected chi connectivity index (χ4v) is 10.5. The summed E-state index contributed by atoms with van der Waals surface area (Å²) in [6, 6.07) is 10.2. The lowest BCUT2D eigenvalue weighted by Gasteiger charge is -2.37. The normalized spacial score (nSPS) is 15.4. The van der Waals surface area contributed by atoms with E-state index in [-0.39, 0.29) is 32.5 Å². The van der Waals surface area contributed by atoms with Crippen molar-refractivity contribution in [3.8, 4) is 0 Å². The van der Waals surface area contributed by atoms with Crippen LogP contribution in [0.5, 0.6) is 0 Å². The van der Waals surface area contributed by atoms with Gasteiger partial charge in [-0.25, -0.2) is 0 Å². The zero-order valence-electron chi connectivity index (χ0n) is 29.2. The first-order valence-electron chi connectivity index (χ1n) is 14.9. The molecule has 0 spiro atoms. The van der Waals surface area contributed by atoms with E-state index in [1.165, 1.54) is 30.5 Å². The van der Waals surface area contributed by atoms with Gasteiger partial charge in [0.15, 0.2) is 0 Å². The molecule has 1 unspecified atom stereocenters. The van der Waals surface area contributed by atoms with Crippen LogP contribution in [0.25, 0.3) is 0 Å². The van der Waals surface area contributed by atoms with Crippen molar-refractivity contribution in [3.05, 3.63) is 57.6 Å². The van der Waals surface area contributed by atoms with Crippen LogP contribution < -0.4 is 10.6 Å². The van der Waals surface area contributed by atoms with Crippen LogP contribution in [0.3, 0.4) is 0 Å². The van der Waals surface area contributed by atoms with Crippen molar-refractivity contribution >= 4 is 26.5 Å². The SMILES string of the molecule is CP([P]c1c(C(C)(C)C)cc(C(C)(C)C)cc1C(C)(C)C)c1c(C(C)(C)C)cc(C(C)(C)C)cc1C(C)(C)C. The predicted molar refractivity (Wildman–Crippen MR) is 184 cm³/mol. The van der Waals surface area contributed by atoms with Gasteiger partial charge < -0.3 is 0 Å². The monoisotopic (exact) mass is 567 g/mol. The number of rotatable bonds is 3. The highest BCUT2D eigenvalue weighted by molar-refractivity contribution is 8.27. The lowest BCUT2D eigenvalue weighted by Crippen LogP contribution is -2.32. The molecule has 0 fully saturated rings. The van der Waals surface area contributed by atoms with Gasteiger partial charge in [0.05, 0.1) is 0 Å². The third kappa shape index (κ3) is 8.20. The summed E-state index contributed by atoms with van der Waals surface area (Å²) < 4.78 is 0. The Balaban J connectivity index is 2.99. The van der Waals surface area contributed by atoms with Crippen LogP contribution in [-0.2, 0) is 32.5 Å². The summed E-state index contributed by atoms with van der Waals surface area (Å²) in [7, 11) is 1.01. The largest absolute Gasteiger partial charge is 0.0561 e. The Morgan fingerprint density at radius 1 is 0.410 bits per heavy atom. The highest BCUT2D eigenvalue weighted by atomic mass is 32.0. The first-order valence-corrected chi connectivity index (χ1v) is 18.3. The fraction of sp³-hybridized carbons (Fsp3) is 0.676. The molecular formula is C37H61P2. The molecule has 2 rings (SSSR count). The van der Waals surface area contributed by atoms with Gasteiger partial charge in [-0.05, 0) is 99.0 Å². The van der Waals surface area contributed by atoms with Gasteiger partial charge in [-0.3, -0.25) is 0 Å². The maximum atomic E-state index is 2.55. The number of hydrogen-bond acceptors (Lipinski definition) is 0. The maximum Gasteiger partial charge on any atom is -0.00698 e. The van der Waals surface area contributed by atoms with E-state index in [0.29, 0.717) is 0 Å². The van der Waals surface area contributed by atoms with E-state index in [9.17, 15) is 0 Å². The van der Waals surface area contributed by atoms with Crippen molar-refractivity contribution < 1.29 is 0 Å². The molecule has 39 heavy (non-hydrogen) atoms. The molecule has 0 bridgehead atoms. The van der Waals surface area contributed by atoms with Crippen molar-refractivity contribution in [2.45, 2.75) is 157 Å². The van der Waals surface area contributed by atoms with Crippen LogP contribution in [0.15, 0.2) is 24.3 Å². The minimum absolute atomic E-state index is 0.0789. The second-order valence-electron chi connectivity index (χ2n) is 18.0. The van der Waals surface area contributed by atoms with Crippen molar-refractivity contribution in [1.29, 1.82) is 0 Å². The molecule has 2 aromatic rings. The Morgan fingerprint density at radius 2 is 0.667 bits per heavy atom. The molecule has 1 radical (unpaired) electrons. The van der Waals surface area contributed by atoms with E-state index >= 15 is 0 Å². The molecule has 0 N–H and O–H groups in total. The molecule has 0 aromatic heterocycles. The van der Waals surface area contributed by atoms with Crippen LogP contribution in [0, 0.1) is 0 Å². The van der Waals surface area contributed by atoms with Gasteiger partial charge in [-0.2, -0.15) is 0 Å². The molecule has 219 valence electrons. The topological polar surface area (TPSA) is 0 Å². The summed E-state index contributed by atoms with van der Waals surface area (Å²) >= 11 is 0. The van der Waals surface area contributed by atoms with Gasteiger partial charge >= 0.3 is 0 Å². The van der Waals surface area contributed by atoms with Crippen molar-refractivity contribution in [2.24, 2.45) is 0 Å². The second-order valence-corrected chi connectivity index (χ2v) is 22.5. The summed E-state index contributed by atoms with van der Waals surface area (Å²) in [6.07, 6.45) is 0. The molecule has 0 heterocycles. The van der Waals surface area contributed by atoms with E-state index in [1.54, 1.807) is 21.7 Å². The maximum absolute atomic E-state index is 2.55. The Morgan fingerprint density at radius 3 is 0.897 bits per heavy atom. The Labute approximate surface area is 247 Å². The molecule has 0 aliphatic heterocycles. The van der Waals surface area contributed by atoms with E-state index in [1.807, 2.05) is 0 Å². The predicted octanol–water partition coefficient (Wildman–Crippen LogP) is 11.4. The van der Waals surface area contributed by atoms with Crippen LogP contribution >= 0.6 is 15.9 Å². The van der Waals surface area contributed by atoms with Gasteiger partial charge in [0.25, 0.3) is 0 Å². The minimum Gasteiger partial charge on any atom is -0.0561 e. The molecule has 0 saturated heterocycles. The lowest BCUT2D eigenvalue weighted by molar-refractivity contribution is 0.552. The van der Waals surface area contributed by atoms with Gasteiger partial charge in [-0.1, -0.05) is 149 Å². The minimum atomic E-state index is -0.463. The average molecular weight is 568 g/mol. The highest BCUT2D eigenvalue weighted by Crippen LogP contribution is 2.56. The van der Waals surface area contributed by atoms with Gasteiger partial charge in [0.2, 0.25) is 0 Å². The van der Waals surface area contributed by atoms with Gasteiger partial charge in [0.1, 0.15) is 0 Å². The smallest absolute Gasteiger partial charge is 0.00698 e. The van der Waals surface area contributed by atoms with Crippen LogP contribution in [-0.4, -0.2) is 6.66 Å². The quantitative estimate of drug-likeness (QED) is 0.324. The highest BCUT2D eigenvalue weighted by Gasteiger charge is 2.34. The molecule has 0 aliphatic carbocycles. The van der Waals surface area contributed by atoms with Crippen molar-refractivity contribution in [3.63, 3.8) is 0 Å². The molecule has 0 saturated carbocycles. The fourth-order valence-electron chi connectivity index (χ4n) is 5.08. The van der Waals surface area contributed by atoms with E-state index in [4.69, 9.17) is 0 Å². The Hall–Kier alpha value is -0.700. The first kappa shape index (κ1) is 34.5. The standard InChI is InChI=1S/C37H61P2/c1-32(2,3)24-20-26(34(7,8)9)30(27(21-24)35(10,11)12)38-39(19)31-28(36(13,14)15)22-25(33(4,5)6)23-29(31)37(16,17)18/h20-23H,1-19H3. The van der Waals surface area contributed by atoms with E-state index < -0.39 is 7.61 Å². The third-order valence-corrected chi connectivity index (χ3v) is 12.0. The van der Waals surface area contributed by atoms with Crippen molar-refractivity contribution in [2.75, 3.05) is 6.66 Å². The first-order chi connectivity index (χ1) is 17.1. The third-order valence-electron chi connectivity index (χ3n) is 7.76. The summed E-state index contributed by atoms with van der Waals surface area (Å²) in [5, 5.41) is 3.19. The van der Waals surface area contributed by atoms with Gasteiger partial charge in [-0.15, -0.1) is 0 Å². The summed E-state index contributed by atoms with van der Waals surface area (Å²) in [6.45, 7) is 45.5. The Bertz CT molecular complexity index is 1100. The molecule has 2 heteroatoms. The van der Waals surface area contributed by atoms with E-state index in [0.717, 1.165) is 0 Å². The molecule has 0 aliphatic rings. The summed E-state index contributed by atoms with van der Waals surface area (Å²) in [4.78, 5) is 0. The molecular weight excluding hydrogens is 506 g/mol. The molecule has 2 aromatic carbocycles. The molecule has 1 atom stereocenters. The van der Waals surface area contributed by atoms with Crippen molar-refractivity contribution in [1.82, 2.24) is 0 Å². The Kier molecular flexibility index (Phi) is 9.60. The zero-order chi connectivity index (χ0) is 30.7.